The molecule has 1 fully saturated rings. The fourth-order valence-electron chi connectivity index (χ4n) is 4.84. The molecule has 1 N–H and O–H groups in total. The van der Waals surface area contributed by atoms with E-state index in [-0.39, 0.29) is 5.02 Å². The number of nitrogens with zero attached hydrogens (tertiary/aromatic N) is 3. The average Bonchev–Trinajstić information content (AvgIpc) is 2.94. The van der Waals surface area contributed by atoms with Gasteiger partial charge in [0.15, 0.2) is 5.65 Å². The molecule has 0 unspecified atom stereocenters. The topological polar surface area (TPSA) is 32.6 Å². The Bertz CT molecular complexity index is 1130. The van der Waals surface area contributed by atoms with E-state index in [1.54, 1.807) is 4.40 Å². The van der Waals surface area contributed by atoms with Crippen molar-refractivity contribution in [3.8, 4) is 11.3 Å². The van der Waals surface area contributed by atoms with Crippen LogP contribution < -0.4 is 5.32 Å². The lowest BCUT2D eigenvalue weighted by molar-refractivity contribution is -0.137. The molecule has 0 atom stereocenters. The predicted molar refractivity (Wildman–Crippen MR) is 120 cm³/mol. The van der Waals surface area contributed by atoms with Crippen molar-refractivity contribution in [2.24, 2.45) is 0 Å². The van der Waals surface area contributed by atoms with E-state index >= 15 is 0 Å². The lowest BCUT2D eigenvalue weighted by Crippen LogP contribution is -2.28. The molecule has 170 valence electrons. The zero-order valence-corrected chi connectivity index (χ0v) is 18.6. The smallest absolute Gasteiger partial charge is 0.315 e. The quantitative estimate of drug-likeness (QED) is 0.569. The lowest BCUT2D eigenvalue weighted by atomic mass is 9.90. The number of benzene rings is 1. The number of alkyl halides is 3. The summed E-state index contributed by atoms with van der Waals surface area (Å²) in [7, 11) is 0. The predicted octanol–water partition coefficient (Wildman–Crippen LogP) is 5.35. The summed E-state index contributed by atoms with van der Waals surface area (Å²) in [5.41, 5.74) is 4.71. The summed E-state index contributed by atoms with van der Waals surface area (Å²) in [5.74, 6) is 0. The van der Waals surface area contributed by atoms with Gasteiger partial charge in [0.1, 0.15) is 0 Å². The van der Waals surface area contributed by atoms with E-state index in [1.807, 2.05) is 0 Å². The Balaban J connectivity index is 1.66. The molecule has 2 aromatic heterocycles. The van der Waals surface area contributed by atoms with Crippen molar-refractivity contribution in [2.75, 3.05) is 26.2 Å². The molecule has 3 heterocycles. The number of imidazole rings is 1. The van der Waals surface area contributed by atoms with Crippen molar-refractivity contribution >= 4 is 17.2 Å². The monoisotopic (exact) mass is 462 g/mol. The number of aryl methyl sites for hydroxylation is 2. The minimum atomic E-state index is -4.47. The fourth-order valence-corrected chi connectivity index (χ4v) is 5.09. The maximum Gasteiger partial charge on any atom is 0.417 e. The Morgan fingerprint density at radius 1 is 1.00 bits per heavy atom. The third-order valence-corrected chi connectivity index (χ3v) is 6.81. The van der Waals surface area contributed by atoms with Crippen molar-refractivity contribution < 1.29 is 13.2 Å². The van der Waals surface area contributed by atoms with E-state index in [2.05, 4.69) is 28.4 Å². The van der Waals surface area contributed by atoms with E-state index < -0.39 is 11.7 Å². The highest BCUT2D eigenvalue weighted by Crippen LogP contribution is 2.36. The van der Waals surface area contributed by atoms with Crippen LogP contribution in [0.1, 0.15) is 41.6 Å². The highest BCUT2D eigenvalue weighted by Gasteiger charge is 2.33. The van der Waals surface area contributed by atoms with E-state index in [0.717, 1.165) is 81.1 Å². The van der Waals surface area contributed by atoms with Crippen LogP contribution in [0.2, 0.25) is 5.02 Å². The van der Waals surface area contributed by atoms with Crippen LogP contribution in [0.3, 0.4) is 0 Å². The van der Waals surface area contributed by atoms with Gasteiger partial charge in [0.25, 0.3) is 0 Å². The molecule has 5 rings (SSSR count). The maximum absolute atomic E-state index is 13.5. The number of fused-ring (bicyclic) bond motifs is 2. The Kier molecular flexibility index (Phi) is 5.90. The molecule has 1 aromatic carbocycles. The van der Waals surface area contributed by atoms with Gasteiger partial charge in [-0.1, -0.05) is 23.7 Å². The van der Waals surface area contributed by atoms with E-state index in [1.165, 1.54) is 17.5 Å². The molecule has 1 aliphatic heterocycles. The van der Waals surface area contributed by atoms with Crippen molar-refractivity contribution in [1.82, 2.24) is 19.6 Å². The normalized spacial score (nSPS) is 18.0. The minimum Gasteiger partial charge on any atom is -0.315 e. The van der Waals surface area contributed by atoms with Crippen LogP contribution in [-0.4, -0.2) is 40.5 Å². The zero-order chi connectivity index (χ0) is 22.3. The molecule has 0 amide bonds. The number of hydrogen-bond donors (Lipinski definition) is 1. The van der Waals surface area contributed by atoms with E-state index in [9.17, 15) is 13.2 Å². The second-order valence-electron chi connectivity index (χ2n) is 8.75. The third kappa shape index (κ3) is 4.26. The Hall–Kier alpha value is -2.09. The summed E-state index contributed by atoms with van der Waals surface area (Å²) in [6.45, 7) is 4.05. The molecule has 4 nitrogen and oxygen atoms in total. The highest BCUT2D eigenvalue weighted by molar-refractivity contribution is 6.33. The largest absolute Gasteiger partial charge is 0.417 e. The molecule has 32 heavy (non-hydrogen) atoms. The number of nitrogens with one attached hydrogen (secondary N) is 1. The number of aromatic nitrogens is 2. The number of rotatable bonds is 3. The van der Waals surface area contributed by atoms with Gasteiger partial charge in [0.2, 0.25) is 0 Å². The molecule has 0 radical (unpaired) electrons. The van der Waals surface area contributed by atoms with Gasteiger partial charge in [0.05, 0.1) is 22.0 Å². The van der Waals surface area contributed by atoms with E-state index in [4.69, 9.17) is 16.6 Å². The Labute approximate surface area is 190 Å². The Morgan fingerprint density at radius 3 is 2.62 bits per heavy atom. The maximum atomic E-state index is 13.5. The summed E-state index contributed by atoms with van der Waals surface area (Å²) in [4.78, 5) is 7.04. The van der Waals surface area contributed by atoms with Gasteiger partial charge in [0, 0.05) is 31.4 Å². The second kappa shape index (κ2) is 8.69. The first-order chi connectivity index (χ1) is 15.4. The van der Waals surface area contributed by atoms with Crippen LogP contribution >= 0.6 is 11.6 Å². The van der Waals surface area contributed by atoms with Gasteiger partial charge in [-0.3, -0.25) is 4.90 Å². The molecule has 8 heteroatoms. The molecular formula is C24H26ClF3N4. The first-order valence-electron chi connectivity index (χ1n) is 11.2. The van der Waals surface area contributed by atoms with Gasteiger partial charge in [-0.25, -0.2) is 4.98 Å². The van der Waals surface area contributed by atoms with Crippen molar-refractivity contribution in [3.63, 3.8) is 0 Å². The van der Waals surface area contributed by atoms with E-state index in [0.29, 0.717) is 12.2 Å². The summed E-state index contributed by atoms with van der Waals surface area (Å²) >= 11 is 6.32. The summed E-state index contributed by atoms with van der Waals surface area (Å²) in [6.07, 6.45) is 2.14. The van der Waals surface area contributed by atoms with Crippen LogP contribution in [-0.2, 0) is 25.6 Å². The molecule has 3 aromatic rings. The van der Waals surface area contributed by atoms with Crippen LogP contribution in [0.25, 0.3) is 16.9 Å². The SMILES string of the molecule is FC(F)(F)c1cc(Cl)c2nc(-c3ccc4c(c3)CCCC4)c(CN3CCCNCC3)n2c1. The minimum absolute atomic E-state index is 0.0165. The van der Waals surface area contributed by atoms with Crippen LogP contribution in [0.15, 0.2) is 30.5 Å². The Morgan fingerprint density at radius 2 is 1.81 bits per heavy atom. The van der Waals surface area contributed by atoms with Crippen molar-refractivity contribution in [2.45, 2.75) is 44.8 Å². The van der Waals surface area contributed by atoms with Gasteiger partial charge >= 0.3 is 6.18 Å². The lowest BCUT2D eigenvalue weighted by Gasteiger charge is -2.21. The van der Waals surface area contributed by atoms with Crippen LogP contribution in [0.5, 0.6) is 0 Å². The molecule has 2 aliphatic rings. The summed E-state index contributed by atoms with van der Waals surface area (Å²) < 4.78 is 42.2. The van der Waals surface area contributed by atoms with Gasteiger partial charge < -0.3 is 9.72 Å². The first-order valence-corrected chi connectivity index (χ1v) is 11.6. The fraction of sp³-hybridized carbons (Fsp3) is 0.458. The third-order valence-electron chi connectivity index (χ3n) is 6.53. The second-order valence-corrected chi connectivity index (χ2v) is 9.15. The standard InChI is InChI=1S/C24H26ClF3N4/c25-20-13-19(24(26,27)28)14-32-21(15-31-10-3-8-29-9-11-31)22(30-23(20)32)18-7-6-16-4-1-2-5-17(16)12-18/h6-7,12-14,29H,1-5,8-11,15H2. The average molecular weight is 463 g/mol. The molecular weight excluding hydrogens is 437 g/mol. The van der Waals surface area contributed by atoms with Crippen molar-refractivity contribution in [3.05, 3.63) is 57.9 Å². The van der Waals surface area contributed by atoms with Crippen molar-refractivity contribution in [1.29, 1.82) is 0 Å². The van der Waals surface area contributed by atoms with Gasteiger partial charge in [-0.2, -0.15) is 13.2 Å². The number of pyridine rings is 1. The van der Waals surface area contributed by atoms with Crippen LogP contribution in [0, 0.1) is 0 Å². The molecule has 1 saturated heterocycles. The molecule has 0 spiro atoms. The molecule has 0 bridgehead atoms. The summed E-state index contributed by atoms with van der Waals surface area (Å²) in [5, 5.41) is 3.40. The molecule has 0 saturated carbocycles. The zero-order valence-electron chi connectivity index (χ0n) is 17.8. The van der Waals surface area contributed by atoms with Crippen LogP contribution in [0.4, 0.5) is 13.2 Å². The van der Waals surface area contributed by atoms with Gasteiger partial charge in [-0.15, -0.1) is 0 Å². The summed E-state index contributed by atoms with van der Waals surface area (Å²) in [6, 6.07) is 7.34. The first kappa shape index (κ1) is 21.7. The molecule has 1 aliphatic carbocycles. The van der Waals surface area contributed by atoms with Gasteiger partial charge in [-0.05, 0) is 68.5 Å². The number of hydrogen-bond acceptors (Lipinski definition) is 3. The highest BCUT2D eigenvalue weighted by atomic mass is 35.5. The number of halogens is 4.